The predicted octanol–water partition coefficient (Wildman–Crippen LogP) is 3.33. The highest BCUT2D eigenvalue weighted by atomic mass is 16.5. The monoisotopic (exact) mass is 288 g/mol. The molecule has 5 heteroatoms. The molecule has 2 rings (SSSR count). The van der Waals surface area contributed by atoms with Crippen molar-refractivity contribution >= 4 is 5.97 Å². The summed E-state index contributed by atoms with van der Waals surface area (Å²) >= 11 is 0. The lowest BCUT2D eigenvalue weighted by atomic mass is 10.2. The highest BCUT2D eigenvalue weighted by Crippen LogP contribution is 2.30. The molecule has 21 heavy (non-hydrogen) atoms. The Bertz CT molecular complexity index is 636. The van der Waals surface area contributed by atoms with Crippen LogP contribution in [-0.4, -0.2) is 25.3 Å². The second-order valence-electron chi connectivity index (χ2n) is 4.35. The lowest BCUT2D eigenvalue weighted by Crippen LogP contribution is -2.00. The Morgan fingerprint density at radius 2 is 1.90 bits per heavy atom. The number of carboxylic acid groups (broad SMARTS) is 1. The van der Waals surface area contributed by atoms with E-state index in [1.54, 1.807) is 31.4 Å². The predicted molar refractivity (Wildman–Crippen MR) is 77.2 cm³/mol. The first-order valence-corrected chi connectivity index (χ1v) is 6.31. The molecule has 0 unspecified atom stereocenters. The Morgan fingerprint density at radius 1 is 1.10 bits per heavy atom. The van der Waals surface area contributed by atoms with Gasteiger partial charge in [-0.2, -0.15) is 0 Å². The maximum atomic E-state index is 11.2. The van der Waals surface area contributed by atoms with Crippen molar-refractivity contribution < 1.29 is 24.1 Å². The number of carboxylic acids is 1. The summed E-state index contributed by atoms with van der Waals surface area (Å²) in [6, 6.07) is 11.9. The van der Waals surface area contributed by atoms with E-state index in [0.29, 0.717) is 18.1 Å². The molecule has 2 aromatic carbocycles. The third-order valence-electron chi connectivity index (χ3n) is 2.86. The number of benzene rings is 2. The highest BCUT2D eigenvalue weighted by Gasteiger charge is 2.13. The van der Waals surface area contributed by atoms with E-state index in [1.807, 2.05) is 12.1 Å². The average molecular weight is 288 g/mol. The van der Waals surface area contributed by atoms with Crippen molar-refractivity contribution in [2.24, 2.45) is 0 Å². The fourth-order valence-corrected chi connectivity index (χ4v) is 1.88. The molecule has 0 aromatic heterocycles. The minimum absolute atomic E-state index is 0.0768. The molecule has 0 heterocycles. The van der Waals surface area contributed by atoms with Crippen LogP contribution in [0.4, 0.5) is 0 Å². The molecule has 0 fully saturated rings. The van der Waals surface area contributed by atoms with Crippen molar-refractivity contribution in [1.29, 1.82) is 0 Å². The second kappa shape index (κ2) is 6.76. The zero-order valence-electron chi connectivity index (χ0n) is 11.8. The summed E-state index contributed by atoms with van der Waals surface area (Å²) in [7, 11) is 3.12. The Labute approximate surface area is 122 Å². The van der Waals surface area contributed by atoms with Crippen LogP contribution in [0.15, 0.2) is 42.5 Å². The molecule has 0 saturated heterocycles. The Balaban J connectivity index is 2.33. The third-order valence-corrected chi connectivity index (χ3v) is 2.86. The SMILES string of the molecule is COCc1cccc(Oc2cc(OC)ccc2C(=O)O)c1. The Hall–Kier alpha value is -2.53. The lowest BCUT2D eigenvalue weighted by Gasteiger charge is -2.11. The van der Waals surface area contributed by atoms with Gasteiger partial charge in [0.05, 0.1) is 13.7 Å². The Kier molecular flexibility index (Phi) is 4.79. The smallest absolute Gasteiger partial charge is 0.339 e. The van der Waals surface area contributed by atoms with E-state index in [1.165, 1.54) is 13.2 Å². The van der Waals surface area contributed by atoms with E-state index in [2.05, 4.69) is 0 Å². The minimum atomic E-state index is -1.05. The normalized spacial score (nSPS) is 10.2. The summed E-state index contributed by atoms with van der Waals surface area (Å²) < 4.78 is 15.8. The van der Waals surface area contributed by atoms with E-state index in [-0.39, 0.29) is 11.3 Å². The molecule has 0 amide bonds. The molecule has 0 atom stereocenters. The molecule has 0 radical (unpaired) electrons. The average Bonchev–Trinajstić information content (AvgIpc) is 2.47. The molecular formula is C16H16O5. The summed E-state index contributed by atoms with van der Waals surface area (Å²) in [6.45, 7) is 0.459. The van der Waals surface area contributed by atoms with Gasteiger partial charge in [0.1, 0.15) is 22.8 Å². The van der Waals surface area contributed by atoms with Gasteiger partial charge in [0.15, 0.2) is 0 Å². The zero-order chi connectivity index (χ0) is 15.2. The highest BCUT2D eigenvalue weighted by molar-refractivity contribution is 5.91. The summed E-state index contributed by atoms with van der Waals surface area (Å²) in [6.07, 6.45) is 0. The van der Waals surface area contributed by atoms with Gasteiger partial charge >= 0.3 is 5.97 Å². The van der Waals surface area contributed by atoms with E-state index in [0.717, 1.165) is 5.56 Å². The largest absolute Gasteiger partial charge is 0.497 e. The lowest BCUT2D eigenvalue weighted by molar-refractivity contribution is 0.0694. The van der Waals surface area contributed by atoms with Gasteiger partial charge in [0.2, 0.25) is 0 Å². The summed E-state index contributed by atoms with van der Waals surface area (Å²) in [5.74, 6) is 0.250. The summed E-state index contributed by atoms with van der Waals surface area (Å²) in [5, 5.41) is 9.21. The van der Waals surface area contributed by atoms with E-state index < -0.39 is 5.97 Å². The number of aromatic carboxylic acids is 1. The van der Waals surface area contributed by atoms with Gasteiger partial charge in [-0.25, -0.2) is 4.79 Å². The van der Waals surface area contributed by atoms with Gasteiger partial charge in [0.25, 0.3) is 0 Å². The van der Waals surface area contributed by atoms with Crippen LogP contribution in [0.25, 0.3) is 0 Å². The number of hydrogen-bond donors (Lipinski definition) is 1. The molecule has 0 aliphatic heterocycles. The van der Waals surface area contributed by atoms with Gasteiger partial charge < -0.3 is 19.3 Å². The summed E-state index contributed by atoms with van der Waals surface area (Å²) in [4.78, 5) is 11.2. The molecular weight excluding hydrogens is 272 g/mol. The maximum absolute atomic E-state index is 11.2. The second-order valence-corrected chi connectivity index (χ2v) is 4.35. The number of methoxy groups -OCH3 is 2. The van der Waals surface area contributed by atoms with Crippen LogP contribution in [-0.2, 0) is 11.3 Å². The molecule has 2 aromatic rings. The minimum Gasteiger partial charge on any atom is -0.497 e. The van der Waals surface area contributed by atoms with Crippen LogP contribution in [0, 0.1) is 0 Å². The van der Waals surface area contributed by atoms with Crippen LogP contribution in [0.3, 0.4) is 0 Å². The molecule has 0 bridgehead atoms. The van der Waals surface area contributed by atoms with Gasteiger partial charge in [0, 0.05) is 13.2 Å². The maximum Gasteiger partial charge on any atom is 0.339 e. The van der Waals surface area contributed by atoms with Gasteiger partial charge in [-0.15, -0.1) is 0 Å². The molecule has 0 aliphatic carbocycles. The van der Waals surface area contributed by atoms with Gasteiger partial charge in [-0.3, -0.25) is 0 Å². The molecule has 0 spiro atoms. The molecule has 1 N–H and O–H groups in total. The van der Waals surface area contributed by atoms with Crippen LogP contribution in [0.5, 0.6) is 17.2 Å². The standard InChI is InChI=1S/C16H16O5/c1-19-10-11-4-3-5-13(8-11)21-15-9-12(20-2)6-7-14(15)16(17)18/h3-9H,10H2,1-2H3,(H,17,18). The summed E-state index contributed by atoms with van der Waals surface area (Å²) in [5.41, 5.74) is 1.02. The number of carbonyl (C=O) groups is 1. The van der Waals surface area contributed by atoms with E-state index in [4.69, 9.17) is 14.2 Å². The van der Waals surface area contributed by atoms with Crippen LogP contribution in [0.1, 0.15) is 15.9 Å². The Morgan fingerprint density at radius 3 is 2.57 bits per heavy atom. The number of ether oxygens (including phenoxy) is 3. The first-order valence-electron chi connectivity index (χ1n) is 6.31. The fraction of sp³-hybridized carbons (Fsp3) is 0.188. The van der Waals surface area contributed by atoms with Crippen molar-refractivity contribution in [3.63, 3.8) is 0 Å². The first kappa shape index (κ1) is 14.9. The van der Waals surface area contributed by atoms with Crippen molar-refractivity contribution in [3.8, 4) is 17.2 Å². The van der Waals surface area contributed by atoms with E-state index >= 15 is 0 Å². The topological polar surface area (TPSA) is 65.0 Å². The van der Waals surface area contributed by atoms with Gasteiger partial charge in [-0.1, -0.05) is 12.1 Å². The van der Waals surface area contributed by atoms with Crippen molar-refractivity contribution in [1.82, 2.24) is 0 Å². The third kappa shape index (κ3) is 3.73. The van der Waals surface area contributed by atoms with Crippen molar-refractivity contribution in [3.05, 3.63) is 53.6 Å². The van der Waals surface area contributed by atoms with Gasteiger partial charge in [-0.05, 0) is 29.8 Å². The first-order chi connectivity index (χ1) is 10.1. The molecule has 0 aliphatic rings. The number of rotatable bonds is 6. The molecule has 5 nitrogen and oxygen atoms in total. The van der Waals surface area contributed by atoms with Crippen molar-refractivity contribution in [2.75, 3.05) is 14.2 Å². The number of hydrogen-bond acceptors (Lipinski definition) is 4. The zero-order valence-corrected chi connectivity index (χ0v) is 11.8. The van der Waals surface area contributed by atoms with E-state index in [9.17, 15) is 9.90 Å². The quantitative estimate of drug-likeness (QED) is 0.883. The molecule has 110 valence electrons. The van der Waals surface area contributed by atoms with Crippen LogP contribution in [0.2, 0.25) is 0 Å². The van der Waals surface area contributed by atoms with Crippen LogP contribution < -0.4 is 9.47 Å². The van der Waals surface area contributed by atoms with Crippen molar-refractivity contribution in [2.45, 2.75) is 6.61 Å². The molecule has 0 saturated carbocycles. The fourth-order valence-electron chi connectivity index (χ4n) is 1.88. The van der Waals surface area contributed by atoms with Crippen LogP contribution >= 0.6 is 0 Å².